The highest BCUT2D eigenvalue weighted by molar-refractivity contribution is 5.31. The van der Waals surface area contributed by atoms with E-state index < -0.39 is 11.7 Å². The van der Waals surface area contributed by atoms with Gasteiger partial charge in [0.15, 0.2) is 0 Å². The Balaban J connectivity index is 2.38. The van der Waals surface area contributed by atoms with Gasteiger partial charge in [-0.25, -0.2) is 0 Å². The van der Waals surface area contributed by atoms with E-state index in [9.17, 15) is 13.2 Å². The van der Waals surface area contributed by atoms with E-state index in [1.54, 1.807) is 0 Å². The van der Waals surface area contributed by atoms with Crippen molar-refractivity contribution in [2.75, 3.05) is 7.05 Å². The molecule has 1 aromatic rings. The Kier molecular flexibility index (Phi) is 4.45. The van der Waals surface area contributed by atoms with Crippen molar-refractivity contribution < 1.29 is 13.2 Å². The highest BCUT2D eigenvalue weighted by Gasteiger charge is 2.37. The molecule has 1 N–H and O–H groups in total. The molecule has 5 heteroatoms. The summed E-state index contributed by atoms with van der Waals surface area (Å²) in [4.78, 5) is 3.91. The number of nitrogens with zero attached hydrogens (tertiary/aromatic N) is 1. The lowest BCUT2D eigenvalue weighted by Gasteiger charge is -2.27. The van der Waals surface area contributed by atoms with Crippen LogP contribution in [0.25, 0.3) is 0 Å². The van der Waals surface area contributed by atoms with Crippen LogP contribution in [0.3, 0.4) is 0 Å². The van der Waals surface area contributed by atoms with Crippen LogP contribution in [0.1, 0.15) is 49.1 Å². The Bertz CT molecular complexity index is 417. The van der Waals surface area contributed by atoms with Crippen molar-refractivity contribution in [1.29, 1.82) is 0 Å². The molecule has 2 nitrogen and oxygen atoms in total. The molecule has 2 atom stereocenters. The molecule has 0 aliphatic heterocycles. The first-order chi connectivity index (χ1) is 9.04. The van der Waals surface area contributed by atoms with Gasteiger partial charge in [0.2, 0.25) is 0 Å². The van der Waals surface area contributed by atoms with Gasteiger partial charge >= 0.3 is 6.18 Å². The van der Waals surface area contributed by atoms with E-state index in [1.165, 1.54) is 12.4 Å². The fraction of sp³-hybridized carbons (Fsp3) is 0.643. The number of hydrogen-bond donors (Lipinski definition) is 1. The van der Waals surface area contributed by atoms with Crippen LogP contribution < -0.4 is 5.32 Å². The smallest absolute Gasteiger partial charge is 0.316 e. The number of rotatable bonds is 2. The van der Waals surface area contributed by atoms with Crippen LogP contribution >= 0.6 is 0 Å². The Morgan fingerprint density at radius 1 is 1.21 bits per heavy atom. The topological polar surface area (TPSA) is 24.9 Å². The lowest BCUT2D eigenvalue weighted by molar-refractivity contribution is -0.138. The Labute approximate surface area is 111 Å². The van der Waals surface area contributed by atoms with Crippen molar-refractivity contribution >= 4 is 0 Å². The zero-order valence-corrected chi connectivity index (χ0v) is 11.0. The standard InChI is InChI=1S/C14H19F3N2/c1-18-13-6-4-2-3-5-10(13)11-9-19-8-7-12(11)14(15,16)17/h7-10,13,18H,2-6H2,1H3. The third kappa shape index (κ3) is 3.26. The van der Waals surface area contributed by atoms with Gasteiger partial charge in [-0.2, -0.15) is 13.2 Å². The largest absolute Gasteiger partial charge is 0.416 e. The second-order valence-electron chi connectivity index (χ2n) is 5.10. The van der Waals surface area contributed by atoms with Crippen molar-refractivity contribution in [3.63, 3.8) is 0 Å². The normalized spacial score (nSPS) is 25.1. The monoisotopic (exact) mass is 272 g/mol. The summed E-state index contributed by atoms with van der Waals surface area (Å²) in [7, 11) is 1.83. The molecular formula is C14H19F3N2. The van der Waals surface area contributed by atoms with E-state index in [0.717, 1.165) is 38.2 Å². The molecule has 106 valence electrons. The number of aromatic nitrogens is 1. The number of pyridine rings is 1. The molecule has 1 aliphatic rings. The van der Waals surface area contributed by atoms with Crippen molar-refractivity contribution in [2.24, 2.45) is 0 Å². The van der Waals surface area contributed by atoms with Gasteiger partial charge in [-0.3, -0.25) is 4.98 Å². The molecule has 0 radical (unpaired) electrons. The Morgan fingerprint density at radius 2 is 1.95 bits per heavy atom. The van der Waals surface area contributed by atoms with Crippen LogP contribution in [-0.4, -0.2) is 18.1 Å². The maximum absolute atomic E-state index is 13.1. The molecule has 0 saturated heterocycles. The van der Waals surface area contributed by atoms with Crippen LogP contribution in [0.5, 0.6) is 0 Å². The van der Waals surface area contributed by atoms with Crippen LogP contribution in [-0.2, 0) is 6.18 Å². The van der Waals surface area contributed by atoms with Gasteiger partial charge in [-0.1, -0.05) is 19.3 Å². The van der Waals surface area contributed by atoms with Crippen molar-refractivity contribution in [3.05, 3.63) is 29.6 Å². The fourth-order valence-electron chi connectivity index (χ4n) is 2.99. The average molecular weight is 272 g/mol. The lowest BCUT2D eigenvalue weighted by atomic mass is 9.86. The minimum absolute atomic E-state index is 0.0992. The first kappa shape index (κ1) is 14.3. The van der Waals surface area contributed by atoms with Gasteiger partial charge in [0.1, 0.15) is 0 Å². The molecule has 1 saturated carbocycles. The van der Waals surface area contributed by atoms with Gasteiger partial charge in [-0.15, -0.1) is 0 Å². The van der Waals surface area contributed by atoms with E-state index in [1.807, 2.05) is 7.05 Å². The van der Waals surface area contributed by atoms with E-state index in [2.05, 4.69) is 10.3 Å². The Morgan fingerprint density at radius 3 is 2.63 bits per heavy atom. The van der Waals surface area contributed by atoms with E-state index in [4.69, 9.17) is 0 Å². The molecule has 0 spiro atoms. The molecule has 2 unspecified atom stereocenters. The summed E-state index contributed by atoms with van der Waals surface area (Å²) in [6, 6.07) is 1.19. The Hall–Kier alpha value is -1.10. The van der Waals surface area contributed by atoms with Gasteiger partial charge in [0.05, 0.1) is 5.56 Å². The molecule has 0 bridgehead atoms. The molecule has 19 heavy (non-hydrogen) atoms. The van der Waals surface area contributed by atoms with Gasteiger partial charge in [0.25, 0.3) is 0 Å². The zero-order valence-electron chi connectivity index (χ0n) is 11.0. The third-order valence-corrected chi connectivity index (χ3v) is 3.94. The van der Waals surface area contributed by atoms with Gasteiger partial charge in [0, 0.05) is 24.4 Å². The van der Waals surface area contributed by atoms with Gasteiger partial charge in [-0.05, 0) is 31.5 Å². The van der Waals surface area contributed by atoms with Crippen LogP contribution in [0.15, 0.2) is 18.5 Å². The predicted octanol–water partition coefficient (Wildman–Crippen LogP) is 3.74. The van der Waals surface area contributed by atoms with Crippen molar-refractivity contribution in [1.82, 2.24) is 10.3 Å². The summed E-state index contributed by atoms with van der Waals surface area (Å²) in [5, 5.41) is 3.18. The average Bonchev–Trinajstić information content (AvgIpc) is 2.62. The first-order valence-electron chi connectivity index (χ1n) is 6.72. The number of nitrogens with one attached hydrogen (secondary N) is 1. The zero-order chi connectivity index (χ0) is 13.9. The SMILES string of the molecule is CNC1CCCCCC1c1cnccc1C(F)(F)F. The minimum atomic E-state index is -4.30. The summed E-state index contributed by atoms with van der Waals surface area (Å²) >= 11 is 0. The molecule has 1 heterocycles. The highest BCUT2D eigenvalue weighted by Crippen LogP contribution is 2.39. The van der Waals surface area contributed by atoms with E-state index >= 15 is 0 Å². The van der Waals surface area contributed by atoms with Crippen LogP contribution in [0, 0.1) is 0 Å². The van der Waals surface area contributed by atoms with Crippen molar-refractivity contribution in [2.45, 2.75) is 50.2 Å². The van der Waals surface area contributed by atoms with E-state index in [-0.39, 0.29) is 12.0 Å². The highest BCUT2D eigenvalue weighted by atomic mass is 19.4. The number of hydrogen-bond acceptors (Lipinski definition) is 2. The van der Waals surface area contributed by atoms with Crippen molar-refractivity contribution in [3.8, 4) is 0 Å². The summed E-state index contributed by atoms with van der Waals surface area (Å²) in [5.41, 5.74) is -0.189. The summed E-state index contributed by atoms with van der Waals surface area (Å²) in [5.74, 6) is -0.0992. The third-order valence-electron chi connectivity index (χ3n) is 3.94. The number of halogens is 3. The lowest BCUT2D eigenvalue weighted by Crippen LogP contribution is -2.32. The number of alkyl halides is 3. The first-order valence-corrected chi connectivity index (χ1v) is 6.72. The molecule has 2 rings (SSSR count). The maximum Gasteiger partial charge on any atom is 0.416 e. The fourth-order valence-corrected chi connectivity index (χ4v) is 2.99. The molecular weight excluding hydrogens is 253 g/mol. The van der Waals surface area contributed by atoms with E-state index in [0.29, 0.717) is 5.56 Å². The van der Waals surface area contributed by atoms with Crippen LogP contribution in [0.2, 0.25) is 0 Å². The summed E-state index contributed by atoms with van der Waals surface area (Å²) in [6.07, 6.45) is 3.17. The molecule has 0 aromatic carbocycles. The maximum atomic E-state index is 13.1. The minimum Gasteiger partial charge on any atom is -0.316 e. The molecule has 0 amide bonds. The van der Waals surface area contributed by atoms with Crippen LogP contribution in [0.4, 0.5) is 13.2 Å². The summed E-state index contributed by atoms with van der Waals surface area (Å²) in [6.45, 7) is 0. The van der Waals surface area contributed by atoms with Gasteiger partial charge < -0.3 is 5.32 Å². The predicted molar refractivity (Wildman–Crippen MR) is 67.9 cm³/mol. The molecule has 1 aliphatic carbocycles. The second kappa shape index (κ2) is 5.90. The quantitative estimate of drug-likeness (QED) is 0.830. The number of likely N-dealkylation sites (N-methyl/N-ethyl adjacent to an activating group) is 1. The molecule has 1 fully saturated rings. The summed E-state index contributed by atoms with van der Waals surface area (Å²) < 4.78 is 39.3. The second-order valence-corrected chi connectivity index (χ2v) is 5.10. The molecule has 1 aromatic heterocycles.